The minimum Gasteiger partial charge on any atom is -0.497 e. The number of rotatable bonds is 13. The molecular formula is C31H29N3O9S. The zero-order valence-electron chi connectivity index (χ0n) is 23.6. The first kappa shape index (κ1) is 31.5. The minimum atomic E-state index is -4.19. The van der Waals surface area contributed by atoms with E-state index >= 15 is 0 Å². The van der Waals surface area contributed by atoms with E-state index in [0.717, 1.165) is 11.8 Å². The van der Waals surface area contributed by atoms with Crippen molar-refractivity contribution in [3.05, 3.63) is 114 Å². The van der Waals surface area contributed by atoms with E-state index in [9.17, 15) is 22.8 Å². The molecule has 1 heterocycles. The molecule has 0 aliphatic heterocycles. The summed E-state index contributed by atoms with van der Waals surface area (Å²) in [6.45, 7) is 0.167. The van der Waals surface area contributed by atoms with Crippen molar-refractivity contribution < 1.29 is 41.7 Å². The van der Waals surface area contributed by atoms with Crippen molar-refractivity contribution >= 4 is 28.0 Å². The Morgan fingerprint density at radius 2 is 1.52 bits per heavy atom. The highest BCUT2D eigenvalue weighted by Gasteiger charge is 2.19. The number of carbonyl (C=O) groups is 3. The Labute approximate surface area is 254 Å². The summed E-state index contributed by atoms with van der Waals surface area (Å²) < 4.78 is 48.0. The van der Waals surface area contributed by atoms with E-state index in [2.05, 4.69) is 10.3 Å². The predicted octanol–water partition coefficient (Wildman–Crippen LogP) is 3.66. The van der Waals surface area contributed by atoms with E-state index in [-0.39, 0.29) is 35.5 Å². The zero-order chi connectivity index (χ0) is 31.4. The summed E-state index contributed by atoms with van der Waals surface area (Å²) in [5.41, 5.74) is 1.42. The van der Waals surface area contributed by atoms with Gasteiger partial charge in [0.15, 0.2) is 6.61 Å². The highest BCUT2D eigenvalue weighted by atomic mass is 32.2. The highest BCUT2D eigenvalue weighted by molar-refractivity contribution is 7.90. The summed E-state index contributed by atoms with van der Waals surface area (Å²) in [6, 6.07) is 24.3. The summed E-state index contributed by atoms with van der Waals surface area (Å²) in [5, 5.41) is 2.74. The Balaban J connectivity index is 1.21. The lowest BCUT2D eigenvalue weighted by molar-refractivity contribution is -0.123. The summed E-state index contributed by atoms with van der Waals surface area (Å²) in [5.74, 6) is -0.0891. The van der Waals surface area contributed by atoms with Crippen LogP contribution in [-0.4, -0.2) is 51.6 Å². The van der Waals surface area contributed by atoms with E-state index in [0.29, 0.717) is 30.0 Å². The monoisotopic (exact) mass is 619 g/mol. The molecule has 0 spiro atoms. The fourth-order valence-corrected chi connectivity index (χ4v) is 4.67. The Morgan fingerprint density at radius 1 is 0.818 bits per heavy atom. The first-order valence-electron chi connectivity index (χ1n) is 13.3. The number of methoxy groups -OCH3 is 1. The number of ether oxygens (including phenoxy) is 4. The molecule has 3 aromatic carbocycles. The van der Waals surface area contributed by atoms with Gasteiger partial charge in [-0.05, 0) is 60.0 Å². The van der Waals surface area contributed by atoms with Crippen LogP contribution in [-0.2, 0) is 32.6 Å². The molecule has 0 atom stereocenters. The van der Waals surface area contributed by atoms with Crippen molar-refractivity contribution in [3.63, 3.8) is 0 Å². The third kappa shape index (κ3) is 9.56. The van der Waals surface area contributed by atoms with Crippen LogP contribution in [0, 0.1) is 0 Å². The lowest BCUT2D eigenvalue weighted by Crippen LogP contribution is -2.31. The van der Waals surface area contributed by atoms with E-state index in [1.165, 1.54) is 24.3 Å². The van der Waals surface area contributed by atoms with Crippen LogP contribution in [0.5, 0.6) is 17.4 Å². The van der Waals surface area contributed by atoms with Crippen LogP contribution in [0.4, 0.5) is 4.79 Å². The molecule has 0 fully saturated rings. The second-order valence-corrected chi connectivity index (χ2v) is 10.8. The Bertz CT molecular complexity index is 1660. The van der Waals surface area contributed by atoms with Gasteiger partial charge in [-0.2, -0.15) is 0 Å². The van der Waals surface area contributed by atoms with Crippen LogP contribution in [0.1, 0.15) is 21.5 Å². The molecule has 0 aliphatic rings. The van der Waals surface area contributed by atoms with E-state index in [1.54, 1.807) is 67.8 Å². The van der Waals surface area contributed by atoms with Crippen LogP contribution < -0.4 is 24.2 Å². The molecule has 4 aromatic rings. The van der Waals surface area contributed by atoms with Crippen LogP contribution >= 0.6 is 0 Å². The number of nitrogens with one attached hydrogen (secondary N) is 2. The molecule has 13 heteroatoms. The third-order valence-electron chi connectivity index (χ3n) is 6.01. The Morgan fingerprint density at radius 3 is 2.18 bits per heavy atom. The highest BCUT2D eigenvalue weighted by Crippen LogP contribution is 2.15. The van der Waals surface area contributed by atoms with Gasteiger partial charge in [-0.3, -0.25) is 9.59 Å². The van der Waals surface area contributed by atoms with Crippen molar-refractivity contribution in [2.75, 3.05) is 20.3 Å². The molecule has 1 aromatic heterocycles. The summed E-state index contributed by atoms with van der Waals surface area (Å²) >= 11 is 0. The number of hydrogen-bond donors (Lipinski definition) is 2. The van der Waals surface area contributed by atoms with Gasteiger partial charge in [-0.25, -0.2) is 22.9 Å². The van der Waals surface area contributed by atoms with Gasteiger partial charge in [-0.15, -0.1) is 0 Å². The average Bonchev–Trinajstić information content (AvgIpc) is 3.04. The molecule has 0 saturated carbocycles. The molecule has 0 bridgehead atoms. The smallest absolute Gasteiger partial charge is 0.497 e. The number of sulfonamides is 1. The van der Waals surface area contributed by atoms with Gasteiger partial charge in [-0.1, -0.05) is 42.5 Å². The maximum Gasteiger partial charge on any atom is 0.515 e. The first-order valence-corrected chi connectivity index (χ1v) is 14.7. The number of pyridine rings is 1. The third-order valence-corrected chi connectivity index (χ3v) is 7.36. The molecule has 44 heavy (non-hydrogen) atoms. The standard InChI is InChI=1S/C31H29N3O9S/c1-40-25-12-7-23(8-13-25)20-42-31(37)43-29-16-11-24(19-33-29)30(36)34-44(38,39)27-14-9-22(10-15-27)17-18-32-28(35)21-41-26-5-3-2-4-6-26/h2-16,19H,17-18,20-21H2,1H3,(H,32,35)(H,34,36). The van der Waals surface area contributed by atoms with Crippen LogP contribution in [0.15, 0.2) is 102 Å². The normalized spacial score (nSPS) is 10.8. The lowest BCUT2D eigenvalue weighted by atomic mass is 10.1. The molecule has 228 valence electrons. The van der Waals surface area contributed by atoms with Gasteiger partial charge in [0.05, 0.1) is 17.6 Å². The van der Waals surface area contributed by atoms with Crippen LogP contribution in [0.3, 0.4) is 0 Å². The molecule has 0 unspecified atom stereocenters. The van der Waals surface area contributed by atoms with E-state index in [1.807, 2.05) is 10.8 Å². The fraction of sp³-hybridized carbons (Fsp3) is 0.161. The largest absolute Gasteiger partial charge is 0.515 e. The molecule has 0 radical (unpaired) electrons. The van der Waals surface area contributed by atoms with Crippen molar-refractivity contribution in [2.45, 2.75) is 17.9 Å². The van der Waals surface area contributed by atoms with Gasteiger partial charge in [0.25, 0.3) is 21.8 Å². The number of amides is 2. The molecule has 2 N–H and O–H groups in total. The summed E-state index contributed by atoms with van der Waals surface area (Å²) in [6.07, 6.45) is 0.522. The molecule has 4 rings (SSSR count). The quantitative estimate of drug-likeness (QED) is 0.212. The van der Waals surface area contributed by atoms with Gasteiger partial charge >= 0.3 is 6.16 Å². The molecule has 0 aliphatic carbocycles. The minimum absolute atomic E-state index is 0.0384. The predicted molar refractivity (Wildman–Crippen MR) is 158 cm³/mol. The van der Waals surface area contributed by atoms with Crippen LogP contribution in [0.2, 0.25) is 0 Å². The van der Waals surface area contributed by atoms with E-state index < -0.39 is 22.1 Å². The van der Waals surface area contributed by atoms with Gasteiger partial charge in [0.1, 0.15) is 18.1 Å². The van der Waals surface area contributed by atoms with Crippen molar-refractivity contribution in [1.82, 2.24) is 15.0 Å². The maximum absolute atomic E-state index is 12.7. The Hall–Kier alpha value is -5.43. The van der Waals surface area contributed by atoms with Crippen molar-refractivity contribution in [2.24, 2.45) is 0 Å². The van der Waals surface area contributed by atoms with Crippen LogP contribution in [0.25, 0.3) is 0 Å². The number of nitrogens with zero attached hydrogens (tertiary/aromatic N) is 1. The average molecular weight is 620 g/mol. The van der Waals surface area contributed by atoms with Gasteiger partial charge < -0.3 is 24.3 Å². The Kier molecular flexibility index (Phi) is 10.9. The molecule has 12 nitrogen and oxygen atoms in total. The van der Waals surface area contributed by atoms with Crippen molar-refractivity contribution in [1.29, 1.82) is 0 Å². The summed E-state index contributed by atoms with van der Waals surface area (Å²) in [4.78, 5) is 40.3. The number of carbonyl (C=O) groups excluding carboxylic acids is 3. The first-order chi connectivity index (χ1) is 21.2. The lowest BCUT2D eigenvalue weighted by Gasteiger charge is -2.09. The molecule has 2 amide bonds. The number of hydrogen-bond acceptors (Lipinski definition) is 10. The van der Waals surface area contributed by atoms with Crippen molar-refractivity contribution in [3.8, 4) is 17.4 Å². The maximum atomic E-state index is 12.7. The topological polar surface area (TPSA) is 159 Å². The fourth-order valence-electron chi connectivity index (χ4n) is 3.69. The second kappa shape index (κ2) is 15.2. The van der Waals surface area contributed by atoms with E-state index in [4.69, 9.17) is 18.9 Å². The number of benzene rings is 3. The number of para-hydroxylation sites is 1. The molecular weight excluding hydrogens is 590 g/mol. The number of aromatic nitrogens is 1. The summed E-state index contributed by atoms with van der Waals surface area (Å²) in [7, 11) is -2.64. The SMILES string of the molecule is COc1ccc(COC(=O)Oc2ccc(C(=O)NS(=O)(=O)c3ccc(CCNC(=O)COc4ccccc4)cc3)cn2)cc1. The molecule has 0 saturated heterocycles. The second-order valence-electron chi connectivity index (χ2n) is 9.15. The zero-order valence-corrected chi connectivity index (χ0v) is 24.4. The van der Waals surface area contributed by atoms with Gasteiger partial charge in [0.2, 0.25) is 5.88 Å². The van der Waals surface area contributed by atoms with Gasteiger partial charge in [0, 0.05) is 18.8 Å².